The van der Waals surface area contributed by atoms with E-state index in [-0.39, 0.29) is 0 Å². The molecular weight excluding hydrogens is 328 g/mol. The quantitative estimate of drug-likeness (QED) is 0.320. The Balaban J connectivity index is 0.000000149. The molecule has 0 atom stereocenters. The minimum Gasteiger partial charge on any atom is -0.278 e. The van der Waals surface area contributed by atoms with Crippen molar-refractivity contribution in [3.63, 3.8) is 0 Å². The summed E-state index contributed by atoms with van der Waals surface area (Å²) in [6.45, 7) is 0. The Hall–Kier alpha value is -3.13. The molecule has 0 unspecified atom stereocenters. The SMILES string of the molecule is c1ccc2[nH]ncc2c1.c1ccc2c(c1)ccc1c3c(ccc12)CCCC3. The van der Waals surface area contributed by atoms with E-state index in [0.717, 1.165) is 10.9 Å². The number of rotatable bonds is 0. The summed E-state index contributed by atoms with van der Waals surface area (Å²) in [5.41, 5.74) is 4.27. The molecule has 5 aromatic rings. The van der Waals surface area contributed by atoms with Crippen LogP contribution in [0.15, 0.2) is 79.0 Å². The molecule has 1 N–H and O–H groups in total. The second kappa shape index (κ2) is 6.88. The first-order chi connectivity index (χ1) is 13.4. The number of hydrogen-bond donors (Lipinski definition) is 1. The number of aromatic amines is 1. The van der Waals surface area contributed by atoms with Crippen LogP contribution in [-0.2, 0) is 12.8 Å². The van der Waals surface area contributed by atoms with E-state index in [1.807, 2.05) is 30.5 Å². The molecular formula is C25H22N2. The van der Waals surface area contributed by atoms with Crippen molar-refractivity contribution in [2.45, 2.75) is 25.7 Å². The summed E-state index contributed by atoms with van der Waals surface area (Å²) in [6, 6.07) is 26.0. The van der Waals surface area contributed by atoms with Crippen molar-refractivity contribution in [3.8, 4) is 0 Å². The van der Waals surface area contributed by atoms with Gasteiger partial charge in [0.15, 0.2) is 0 Å². The Labute approximate surface area is 158 Å². The van der Waals surface area contributed by atoms with E-state index in [4.69, 9.17) is 0 Å². The van der Waals surface area contributed by atoms with Crippen LogP contribution >= 0.6 is 0 Å². The van der Waals surface area contributed by atoms with Crippen LogP contribution < -0.4 is 0 Å². The van der Waals surface area contributed by atoms with Crippen molar-refractivity contribution in [3.05, 3.63) is 90.1 Å². The fraction of sp³-hybridized carbons (Fsp3) is 0.160. The van der Waals surface area contributed by atoms with E-state index in [1.165, 1.54) is 47.2 Å². The molecule has 1 heterocycles. The molecule has 0 saturated carbocycles. The number of aryl methyl sites for hydroxylation is 2. The predicted molar refractivity (Wildman–Crippen MR) is 114 cm³/mol. The van der Waals surface area contributed by atoms with E-state index in [2.05, 4.69) is 58.7 Å². The van der Waals surface area contributed by atoms with Gasteiger partial charge in [-0.2, -0.15) is 5.10 Å². The molecule has 0 spiro atoms. The van der Waals surface area contributed by atoms with Crippen LogP contribution in [-0.4, -0.2) is 10.2 Å². The van der Waals surface area contributed by atoms with Gasteiger partial charge in [-0.15, -0.1) is 0 Å². The summed E-state index contributed by atoms with van der Waals surface area (Å²) in [7, 11) is 0. The van der Waals surface area contributed by atoms with Gasteiger partial charge in [-0.25, -0.2) is 0 Å². The third-order valence-corrected chi connectivity index (χ3v) is 5.61. The molecule has 2 heteroatoms. The molecule has 1 aliphatic carbocycles. The van der Waals surface area contributed by atoms with Crippen LogP contribution in [0.2, 0.25) is 0 Å². The van der Waals surface area contributed by atoms with Crippen LogP contribution in [0.4, 0.5) is 0 Å². The van der Waals surface area contributed by atoms with Crippen LogP contribution in [0.3, 0.4) is 0 Å². The van der Waals surface area contributed by atoms with Crippen molar-refractivity contribution >= 4 is 32.4 Å². The highest BCUT2D eigenvalue weighted by Gasteiger charge is 2.13. The van der Waals surface area contributed by atoms with Gasteiger partial charge < -0.3 is 0 Å². The Kier molecular flexibility index (Phi) is 4.10. The standard InChI is InChI=1S/C18H16.C7H6N2/c1-3-7-15-13(5-1)9-11-18-16-8-4-2-6-14(16)10-12-17(15)18;1-2-4-7-6(3-1)5-8-9-7/h1,3,5,7,9-12H,2,4,6,8H2;1-5H,(H,8,9). The van der Waals surface area contributed by atoms with Crippen LogP contribution in [0.25, 0.3) is 32.4 Å². The highest BCUT2D eigenvalue weighted by molar-refractivity contribution is 6.08. The van der Waals surface area contributed by atoms with Crippen LogP contribution in [0.1, 0.15) is 24.0 Å². The molecule has 6 rings (SSSR count). The average molecular weight is 350 g/mol. The highest BCUT2D eigenvalue weighted by atomic mass is 15.1. The molecule has 4 aromatic carbocycles. The molecule has 0 bridgehead atoms. The number of hydrogen-bond acceptors (Lipinski definition) is 1. The molecule has 1 aliphatic rings. The number of aromatic nitrogens is 2. The van der Waals surface area contributed by atoms with Gasteiger partial charge >= 0.3 is 0 Å². The fourth-order valence-electron chi connectivity index (χ4n) is 4.23. The molecule has 0 radical (unpaired) electrons. The van der Waals surface area contributed by atoms with Crippen LogP contribution in [0.5, 0.6) is 0 Å². The van der Waals surface area contributed by atoms with Gasteiger partial charge in [0.25, 0.3) is 0 Å². The summed E-state index contributed by atoms with van der Waals surface area (Å²) in [6.07, 6.45) is 7.03. The molecule has 0 amide bonds. The first kappa shape index (κ1) is 16.1. The second-order valence-corrected chi connectivity index (χ2v) is 7.25. The van der Waals surface area contributed by atoms with Gasteiger partial charge in [0.2, 0.25) is 0 Å². The monoisotopic (exact) mass is 350 g/mol. The minimum atomic E-state index is 1.09. The Morgan fingerprint density at radius 2 is 1.41 bits per heavy atom. The lowest BCUT2D eigenvalue weighted by Crippen LogP contribution is -2.02. The number of nitrogens with one attached hydrogen (secondary N) is 1. The number of H-pyrrole nitrogens is 1. The van der Waals surface area contributed by atoms with Gasteiger partial charge in [0.1, 0.15) is 0 Å². The lowest BCUT2D eigenvalue weighted by atomic mass is 9.86. The molecule has 2 nitrogen and oxygen atoms in total. The maximum Gasteiger partial charge on any atom is 0.0650 e. The summed E-state index contributed by atoms with van der Waals surface area (Å²) >= 11 is 0. The molecule has 27 heavy (non-hydrogen) atoms. The van der Waals surface area contributed by atoms with Gasteiger partial charge in [-0.05, 0) is 64.4 Å². The lowest BCUT2D eigenvalue weighted by Gasteiger charge is -2.18. The Bertz CT molecular complexity index is 1200. The second-order valence-electron chi connectivity index (χ2n) is 7.25. The molecule has 132 valence electrons. The molecule has 0 fully saturated rings. The average Bonchev–Trinajstić information content (AvgIpc) is 3.23. The van der Waals surface area contributed by atoms with Gasteiger partial charge in [-0.3, -0.25) is 5.10 Å². The highest BCUT2D eigenvalue weighted by Crippen LogP contribution is 2.33. The number of nitrogens with zero attached hydrogens (tertiary/aromatic N) is 1. The normalized spacial score (nSPS) is 13.3. The van der Waals surface area contributed by atoms with Crippen molar-refractivity contribution in [1.29, 1.82) is 0 Å². The first-order valence-electron chi connectivity index (χ1n) is 9.70. The zero-order valence-corrected chi connectivity index (χ0v) is 15.3. The zero-order valence-electron chi connectivity index (χ0n) is 15.3. The van der Waals surface area contributed by atoms with Crippen LogP contribution in [0, 0.1) is 0 Å². The predicted octanol–water partition coefficient (Wildman–Crippen LogP) is 6.43. The Morgan fingerprint density at radius 1 is 0.630 bits per heavy atom. The van der Waals surface area contributed by atoms with E-state index in [0.29, 0.717) is 0 Å². The van der Waals surface area contributed by atoms with E-state index >= 15 is 0 Å². The topological polar surface area (TPSA) is 28.7 Å². The largest absolute Gasteiger partial charge is 0.278 e. The maximum atomic E-state index is 3.88. The van der Waals surface area contributed by atoms with Crippen molar-refractivity contribution < 1.29 is 0 Å². The minimum absolute atomic E-state index is 1.09. The molecule has 0 saturated heterocycles. The zero-order chi connectivity index (χ0) is 18.1. The first-order valence-corrected chi connectivity index (χ1v) is 9.70. The number of para-hydroxylation sites is 1. The molecule has 1 aromatic heterocycles. The van der Waals surface area contributed by atoms with E-state index in [9.17, 15) is 0 Å². The Morgan fingerprint density at radius 3 is 2.33 bits per heavy atom. The summed E-state index contributed by atoms with van der Waals surface area (Å²) in [4.78, 5) is 0. The number of benzene rings is 4. The lowest BCUT2D eigenvalue weighted by molar-refractivity contribution is 0.690. The van der Waals surface area contributed by atoms with Crippen molar-refractivity contribution in [2.24, 2.45) is 0 Å². The van der Waals surface area contributed by atoms with Crippen molar-refractivity contribution in [1.82, 2.24) is 10.2 Å². The van der Waals surface area contributed by atoms with Gasteiger partial charge in [-0.1, -0.05) is 66.7 Å². The van der Waals surface area contributed by atoms with E-state index in [1.54, 1.807) is 11.1 Å². The fourth-order valence-corrected chi connectivity index (χ4v) is 4.23. The van der Waals surface area contributed by atoms with Gasteiger partial charge in [0, 0.05) is 5.39 Å². The maximum absolute atomic E-state index is 3.88. The summed E-state index contributed by atoms with van der Waals surface area (Å²) < 4.78 is 0. The summed E-state index contributed by atoms with van der Waals surface area (Å²) in [5.74, 6) is 0. The molecule has 0 aliphatic heterocycles. The third-order valence-electron chi connectivity index (χ3n) is 5.61. The smallest absolute Gasteiger partial charge is 0.0650 e. The number of fused-ring (bicyclic) bond motifs is 6. The van der Waals surface area contributed by atoms with E-state index < -0.39 is 0 Å². The van der Waals surface area contributed by atoms with Gasteiger partial charge in [0.05, 0.1) is 11.7 Å². The third kappa shape index (κ3) is 2.97. The summed E-state index contributed by atoms with van der Waals surface area (Å²) in [5, 5.41) is 13.6. The van der Waals surface area contributed by atoms with Crippen molar-refractivity contribution in [2.75, 3.05) is 0 Å².